The number of rotatable bonds is 4. The number of hydrogen-bond donors (Lipinski definition) is 0. The maximum atomic E-state index is 13.8. The molecule has 4 atom stereocenters. The van der Waals surface area contributed by atoms with E-state index in [2.05, 4.69) is 4.90 Å². The first-order chi connectivity index (χ1) is 11.1. The lowest BCUT2D eigenvalue weighted by atomic mass is 9.89. The molecule has 4 heteroatoms. The van der Waals surface area contributed by atoms with Crippen LogP contribution in [0.4, 0.5) is 8.78 Å². The smallest absolute Gasteiger partial charge is 0.123 e. The molecule has 2 aliphatic rings. The summed E-state index contributed by atoms with van der Waals surface area (Å²) in [5.41, 5.74) is 1.20. The van der Waals surface area contributed by atoms with Crippen molar-refractivity contribution in [1.82, 2.24) is 4.90 Å². The lowest BCUT2D eigenvalue weighted by molar-refractivity contribution is -0.0758. The maximum Gasteiger partial charge on any atom is 0.123 e. The molecule has 0 bridgehead atoms. The predicted molar refractivity (Wildman–Crippen MR) is 87.7 cm³/mol. The molecule has 2 fully saturated rings. The Bertz CT molecular complexity index is 493. The second-order valence-corrected chi connectivity index (χ2v) is 7.17. The molecule has 0 N–H and O–H groups in total. The van der Waals surface area contributed by atoms with Crippen molar-refractivity contribution in [3.63, 3.8) is 0 Å². The molecule has 0 spiro atoms. The Morgan fingerprint density at radius 1 is 1.22 bits per heavy atom. The van der Waals surface area contributed by atoms with Gasteiger partial charge in [-0.1, -0.05) is 19.1 Å². The molecule has 2 nitrogen and oxygen atoms in total. The van der Waals surface area contributed by atoms with Gasteiger partial charge in [0.2, 0.25) is 0 Å². The third kappa shape index (κ3) is 4.51. The number of likely N-dealkylation sites (tertiary alicyclic amines) is 1. The second-order valence-electron chi connectivity index (χ2n) is 7.17. The van der Waals surface area contributed by atoms with Gasteiger partial charge in [-0.3, -0.25) is 0 Å². The quantitative estimate of drug-likeness (QED) is 0.835. The Balaban J connectivity index is 1.52. The van der Waals surface area contributed by atoms with E-state index < -0.39 is 6.17 Å². The van der Waals surface area contributed by atoms with Crippen LogP contribution in [0.2, 0.25) is 0 Å². The SMILES string of the molecule is C[C@@H]1[C@@H](F)CCO[C@@H]1CN1CCC[C@H](Cc2ccc(F)cc2)C1. The molecular weight excluding hydrogens is 296 g/mol. The van der Waals surface area contributed by atoms with Crippen molar-refractivity contribution in [2.45, 2.75) is 44.9 Å². The maximum absolute atomic E-state index is 13.8. The summed E-state index contributed by atoms with van der Waals surface area (Å²) in [6, 6.07) is 6.84. The van der Waals surface area contributed by atoms with Crippen LogP contribution >= 0.6 is 0 Å². The molecular formula is C19H27F2NO. The van der Waals surface area contributed by atoms with Crippen LogP contribution in [0.1, 0.15) is 31.7 Å². The highest BCUT2D eigenvalue weighted by atomic mass is 19.1. The first-order valence-electron chi connectivity index (χ1n) is 8.84. The summed E-state index contributed by atoms with van der Waals surface area (Å²) >= 11 is 0. The van der Waals surface area contributed by atoms with Crippen LogP contribution in [0.3, 0.4) is 0 Å². The Morgan fingerprint density at radius 3 is 2.78 bits per heavy atom. The molecule has 3 rings (SSSR count). The summed E-state index contributed by atoms with van der Waals surface area (Å²) < 4.78 is 32.7. The molecule has 0 radical (unpaired) electrons. The van der Waals surface area contributed by atoms with Gasteiger partial charge in [-0.05, 0) is 49.4 Å². The molecule has 0 amide bonds. The van der Waals surface area contributed by atoms with Gasteiger partial charge in [0.05, 0.1) is 6.10 Å². The average Bonchev–Trinajstić information content (AvgIpc) is 2.54. The topological polar surface area (TPSA) is 12.5 Å². The number of nitrogens with zero attached hydrogens (tertiary/aromatic N) is 1. The molecule has 0 aromatic heterocycles. The average molecular weight is 323 g/mol. The third-order valence-corrected chi connectivity index (χ3v) is 5.36. The summed E-state index contributed by atoms with van der Waals surface area (Å²) in [6.07, 6.45) is 3.19. The van der Waals surface area contributed by atoms with E-state index in [1.807, 2.05) is 19.1 Å². The monoisotopic (exact) mass is 323 g/mol. The molecule has 1 aromatic carbocycles. The van der Waals surface area contributed by atoms with E-state index in [4.69, 9.17) is 4.74 Å². The summed E-state index contributed by atoms with van der Waals surface area (Å²) in [6.45, 7) is 5.45. The minimum Gasteiger partial charge on any atom is -0.376 e. The predicted octanol–water partition coefficient (Wildman–Crippen LogP) is 3.84. The summed E-state index contributed by atoms with van der Waals surface area (Å²) in [5.74, 6) is 0.402. The largest absolute Gasteiger partial charge is 0.376 e. The van der Waals surface area contributed by atoms with Crippen LogP contribution in [0.15, 0.2) is 24.3 Å². The minimum absolute atomic E-state index is 0.0128. The zero-order chi connectivity index (χ0) is 16.2. The number of ether oxygens (including phenoxy) is 1. The molecule has 0 unspecified atom stereocenters. The van der Waals surface area contributed by atoms with Gasteiger partial charge < -0.3 is 9.64 Å². The highest BCUT2D eigenvalue weighted by Crippen LogP contribution is 2.27. The van der Waals surface area contributed by atoms with Crippen molar-refractivity contribution in [3.8, 4) is 0 Å². The molecule has 1 aromatic rings. The third-order valence-electron chi connectivity index (χ3n) is 5.36. The fourth-order valence-corrected chi connectivity index (χ4v) is 3.89. The molecule has 2 saturated heterocycles. The molecule has 128 valence electrons. The highest BCUT2D eigenvalue weighted by molar-refractivity contribution is 5.16. The first kappa shape index (κ1) is 16.8. The van der Waals surface area contributed by atoms with E-state index in [0.29, 0.717) is 18.9 Å². The Kier molecular flexibility index (Phi) is 5.65. The summed E-state index contributed by atoms with van der Waals surface area (Å²) in [7, 11) is 0. The zero-order valence-corrected chi connectivity index (χ0v) is 13.9. The Morgan fingerprint density at radius 2 is 2.00 bits per heavy atom. The van der Waals surface area contributed by atoms with Gasteiger partial charge in [0.15, 0.2) is 0 Å². The Labute approximate surface area is 137 Å². The highest BCUT2D eigenvalue weighted by Gasteiger charge is 2.33. The van der Waals surface area contributed by atoms with Crippen LogP contribution < -0.4 is 0 Å². The van der Waals surface area contributed by atoms with Gasteiger partial charge in [0.1, 0.15) is 12.0 Å². The van der Waals surface area contributed by atoms with Crippen LogP contribution in [0.25, 0.3) is 0 Å². The molecule has 0 aliphatic carbocycles. The second kappa shape index (κ2) is 7.71. The van der Waals surface area contributed by atoms with E-state index in [9.17, 15) is 8.78 Å². The van der Waals surface area contributed by atoms with E-state index in [1.165, 1.54) is 30.5 Å². The van der Waals surface area contributed by atoms with Crippen LogP contribution in [-0.4, -0.2) is 43.4 Å². The van der Waals surface area contributed by atoms with Gasteiger partial charge in [0, 0.05) is 32.0 Å². The van der Waals surface area contributed by atoms with Gasteiger partial charge in [-0.2, -0.15) is 0 Å². The van der Waals surface area contributed by atoms with Gasteiger partial charge >= 0.3 is 0 Å². The fraction of sp³-hybridized carbons (Fsp3) is 0.684. The van der Waals surface area contributed by atoms with Crippen LogP contribution in [0, 0.1) is 17.7 Å². The van der Waals surface area contributed by atoms with Crippen molar-refractivity contribution in [1.29, 1.82) is 0 Å². The summed E-state index contributed by atoms with van der Waals surface area (Å²) in [5, 5.41) is 0. The van der Waals surface area contributed by atoms with Gasteiger partial charge in [-0.25, -0.2) is 8.78 Å². The first-order valence-corrected chi connectivity index (χ1v) is 8.84. The summed E-state index contributed by atoms with van der Waals surface area (Å²) in [4.78, 5) is 2.43. The molecule has 2 aliphatic heterocycles. The lowest BCUT2D eigenvalue weighted by Gasteiger charge is -2.39. The van der Waals surface area contributed by atoms with Crippen molar-refractivity contribution in [3.05, 3.63) is 35.6 Å². The standard InChI is InChI=1S/C19H27F2NO/c1-14-18(21)8-10-23-19(14)13-22-9-2-3-16(12-22)11-15-4-6-17(20)7-5-15/h4-7,14,16,18-19H,2-3,8-13H2,1H3/t14-,16-,18+,19-/m1/s1. The number of halogens is 2. The van der Waals surface area contributed by atoms with Crippen LogP contribution in [-0.2, 0) is 11.2 Å². The zero-order valence-electron chi connectivity index (χ0n) is 13.9. The number of alkyl halides is 1. The molecule has 2 heterocycles. The minimum atomic E-state index is -0.728. The molecule has 23 heavy (non-hydrogen) atoms. The van der Waals surface area contributed by atoms with E-state index >= 15 is 0 Å². The van der Waals surface area contributed by atoms with Crippen molar-refractivity contribution >= 4 is 0 Å². The van der Waals surface area contributed by atoms with E-state index in [0.717, 1.165) is 26.1 Å². The van der Waals surface area contributed by atoms with Crippen molar-refractivity contribution < 1.29 is 13.5 Å². The number of piperidine rings is 1. The fourth-order valence-electron chi connectivity index (χ4n) is 3.89. The van der Waals surface area contributed by atoms with E-state index in [1.54, 1.807) is 0 Å². The Hall–Kier alpha value is -1.00. The van der Waals surface area contributed by atoms with E-state index in [-0.39, 0.29) is 17.8 Å². The lowest BCUT2D eigenvalue weighted by Crippen LogP contribution is -2.47. The van der Waals surface area contributed by atoms with Crippen molar-refractivity contribution in [2.24, 2.45) is 11.8 Å². The number of benzene rings is 1. The van der Waals surface area contributed by atoms with Gasteiger partial charge in [0.25, 0.3) is 0 Å². The van der Waals surface area contributed by atoms with Crippen molar-refractivity contribution in [2.75, 3.05) is 26.2 Å². The normalized spacial score (nSPS) is 32.8. The molecule has 0 saturated carbocycles. The number of hydrogen-bond acceptors (Lipinski definition) is 2. The van der Waals surface area contributed by atoms with Crippen LogP contribution in [0.5, 0.6) is 0 Å². The van der Waals surface area contributed by atoms with Gasteiger partial charge in [-0.15, -0.1) is 0 Å².